The molecule has 3 aliphatic heterocycles. The molecule has 3 heterocycles. The molecular formula is C27H33NO4. The Balaban J connectivity index is 1.74. The molecule has 2 aromatic carbocycles. The van der Waals surface area contributed by atoms with E-state index in [4.69, 9.17) is 23.9 Å². The van der Waals surface area contributed by atoms with Crippen LogP contribution in [0.2, 0.25) is 0 Å². The summed E-state index contributed by atoms with van der Waals surface area (Å²) in [6.45, 7) is 12.8. The molecule has 5 rings (SSSR count). The Bertz CT molecular complexity index is 1160. The smallest absolute Gasteiger partial charge is 0.166 e. The molecule has 170 valence electrons. The minimum absolute atomic E-state index is 0.224. The third-order valence-electron chi connectivity index (χ3n) is 6.52. The van der Waals surface area contributed by atoms with Crippen molar-refractivity contribution < 1.29 is 18.9 Å². The van der Waals surface area contributed by atoms with E-state index in [0.717, 1.165) is 53.5 Å². The maximum absolute atomic E-state index is 6.34. The lowest BCUT2D eigenvalue weighted by Gasteiger charge is -2.31. The van der Waals surface area contributed by atoms with Gasteiger partial charge in [-0.15, -0.1) is 0 Å². The van der Waals surface area contributed by atoms with Gasteiger partial charge in [0.05, 0.1) is 25.5 Å². The summed E-state index contributed by atoms with van der Waals surface area (Å²) in [5.74, 6) is 3.27. The van der Waals surface area contributed by atoms with Crippen molar-refractivity contribution >= 4 is 5.71 Å². The van der Waals surface area contributed by atoms with Crippen LogP contribution in [0.15, 0.2) is 23.2 Å². The third-order valence-corrected chi connectivity index (χ3v) is 6.52. The van der Waals surface area contributed by atoms with Gasteiger partial charge >= 0.3 is 0 Å². The van der Waals surface area contributed by atoms with Gasteiger partial charge in [-0.25, -0.2) is 0 Å². The predicted molar refractivity (Wildman–Crippen MR) is 126 cm³/mol. The summed E-state index contributed by atoms with van der Waals surface area (Å²) < 4.78 is 24.0. The Morgan fingerprint density at radius 2 is 1.38 bits per heavy atom. The summed E-state index contributed by atoms with van der Waals surface area (Å²) in [6.07, 6.45) is 2.51. The SMILES string of the molecule is COc1cc(C2=NC(C)(C)Cc3cc(OC)c4c(c32)CC(C)(C)O4)cc2c1OC(C)(C)C2. The van der Waals surface area contributed by atoms with Crippen LogP contribution in [0.3, 0.4) is 0 Å². The third kappa shape index (κ3) is 3.33. The average molecular weight is 436 g/mol. The highest BCUT2D eigenvalue weighted by Gasteiger charge is 2.40. The zero-order valence-corrected chi connectivity index (χ0v) is 20.4. The van der Waals surface area contributed by atoms with E-state index in [9.17, 15) is 0 Å². The van der Waals surface area contributed by atoms with Gasteiger partial charge in [0.1, 0.15) is 11.2 Å². The molecule has 0 N–H and O–H groups in total. The van der Waals surface area contributed by atoms with Crippen molar-refractivity contribution in [3.8, 4) is 23.0 Å². The molecule has 5 nitrogen and oxygen atoms in total. The van der Waals surface area contributed by atoms with Crippen molar-refractivity contribution in [2.75, 3.05) is 14.2 Å². The Kier molecular flexibility index (Phi) is 4.41. The number of hydrogen-bond acceptors (Lipinski definition) is 5. The molecule has 0 unspecified atom stereocenters. The lowest BCUT2D eigenvalue weighted by Crippen LogP contribution is -2.30. The molecule has 0 saturated heterocycles. The van der Waals surface area contributed by atoms with Gasteiger partial charge in [-0.2, -0.15) is 0 Å². The second-order valence-corrected chi connectivity index (χ2v) is 11.1. The van der Waals surface area contributed by atoms with Crippen molar-refractivity contribution in [1.29, 1.82) is 0 Å². The van der Waals surface area contributed by atoms with Gasteiger partial charge in [0.15, 0.2) is 23.0 Å². The molecule has 0 amide bonds. The summed E-state index contributed by atoms with van der Waals surface area (Å²) in [5.41, 5.74) is 6.11. The highest BCUT2D eigenvalue weighted by atomic mass is 16.5. The van der Waals surface area contributed by atoms with E-state index in [1.54, 1.807) is 14.2 Å². The average Bonchev–Trinajstić information content (AvgIpc) is 3.18. The van der Waals surface area contributed by atoms with Crippen molar-refractivity contribution in [3.63, 3.8) is 0 Å². The van der Waals surface area contributed by atoms with Gasteiger partial charge in [-0.05, 0) is 71.7 Å². The lowest BCUT2D eigenvalue weighted by atomic mass is 9.80. The van der Waals surface area contributed by atoms with Crippen molar-refractivity contribution in [2.24, 2.45) is 4.99 Å². The Morgan fingerprint density at radius 3 is 2.06 bits per heavy atom. The first-order chi connectivity index (χ1) is 14.9. The molecule has 0 fully saturated rings. The quantitative estimate of drug-likeness (QED) is 0.656. The van der Waals surface area contributed by atoms with E-state index >= 15 is 0 Å². The standard InChI is InChI=1S/C27H33NO4/c1-25(2)12-16-11-20(30-8)24-18(14-27(5,6)32-24)21(16)22(28-25)15-9-17-13-26(3,4)31-23(17)19(10-15)29-7/h9-11H,12-14H2,1-8H3. The summed E-state index contributed by atoms with van der Waals surface area (Å²) >= 11 is 0. The van der Waals surface area contributed by atoms with Gasteiger partial charge in [-0.3, -0.25) is 4.99 Å². The van der Waals surface area contributed by atoms with Gasteiger partial charge in [0.25, 0.3) is 0 Å². The highest BCUT2D eigenvalue weighted by Crippen LogP contribution is 2.49. The Morgan fingerprint density at radius 1 is 0.750 bits per heavy atom. The van der Waals surface area contributed by atoms with Crippen LogP contribution in [0.4, 0.5) is 0 Å². The summed E-state index contributed by atoms with van der Waals surface area (Å²) in [5, 5.41) is 0. The van der Waals surface area contributed by atoms with Crippen molar-refractivity contribution in [2.45, 2.75) is 77.5 Å². The Labute approximate surface area is 190 Å². The van der Waals surface area contributed by atoms with Crippen molar-refractivity contribution in [3.05, 3.63) is 46.0 Å². The number of benzene rings is 2. The highest BCUT2D eigenvalue weighted by molar-refractivity contribution is 6.16. The molecule has 0 aliphatic carbocycles. The molecule has 0 bridgehead atoms. The second kappa shape index (κ2) is 6.66. The fourth-order valence-corrected chi connectivity index (χ4v) is 5.40. The number of aliphatic imine (C=N–C) groups is 1. The first-order valence-electron chi connectivity index (χ1n) is 11.3. The molecule has 32 heavy (non-hydrogen) atoms. The first-order valence-corrected chi connectivity index (χ1v) is 11.3. The minimum atomic E-state index is -0.281. The predicted octanol–water partition coefficient (Wildman–Crippen LogP) is 5.30. The fourth-order valence-electron chi connectivity index (χ4n) is 5.40. The van der Waals surface area contributed by atoms with Crippen LogP contribution in [-0.4, -0.2) is 36.7 Å². The van der Waals surface area contributed by atoms with Crippen LogP contribution in [-0.2, 0) is 19.3 Å². The van der Waals surface area contributed by atoms with Crippen LogP contribution in [0, 0.1) is 0 Å². The minimum Gasteiger partial charge on any atom is -0.493 e. The number of fused-ring (bicyclic) bond motifs is 4. The molecule has 0 aromatic heterocycles. The Hall–Kier alpha value is -2.69. The zero-order chi connectivity index (χ0) is 23.1. The first kappa shape index (κ1) is 21.2. The van der Waals surface area contributed by atoms with Crippen molar-refractivity contribution in [1.82, 2.24) is 0 Å². The molecular weight excluding hydrogens is 402 g/mol. The summed E-state index contributed by atoms with van der Waals surface area (Å²) in [7, 11) is 3.42. The second-order valence-electron chi connectivity index (χ2n) is 11.1. The summed E-state index contributed by atoms with van der Waals surface area (Å²) in [6, 6.07) is 6.44. The number of hydrogen-bond donors (Lipinski definition) is 0. The van der Waals surface area contributed by atoms with Crippen LogP contribution >= 0.6 is 0 Å². The molecule has 2 aromatic rings. The number of methoxy groups -OCH3 is 2. The number of nitrogens with zero attached hydrogens (tertiary/aromatic N) is 1. The molecule has 5 heteroatoms. The van der Waals surface area contributed by atoms with Crippen LogP contribution < -0.4 is 18.9 Å². The summed E-state index contributed by atoms with van der Waals surface area (Å²) in [4.78, 5) is 5.27. The topological polar surface area (TPSA) is 49.3 Å². The van der Waals surface area contributed by atoms with Crippen LogP contribution in [0.1, 0.15) is 69.4 Å². The van der Waals surface area contributed by atoms with Crippen LogP contribution in [0.5, 0.6) is 23.0 Å². The number of rotatable bonds is 3. The van der Waals surface area contributed by atoms with E-state index in [2.05, 4.69) is 59.7 Å². The largest absolute Gasteiger partial charge is 0.493 e. The monoisotopic (exact) mass is 435 g/mol. The van der Waals surface area contributed by atoms with E-state index in [1.807, 2.05) is 0 Å². The molecule has 0 atom stereocenters. The lowest BCUT2D eigenvalue weighted by molar-refractivity contribution is 0.133. The molecule has 0 saturated carbocycles. The van der Waals surface area contributed by atoms with Gasteiger partial charge in [0.2, 0.25) is 0 Å². The molecule has 0 radical (unpaired) electrons. The van der Waals surface area contributed by atoms with E-state index in [1.165, 1.54) is 22.3 Å². The van der Waals surface area contributed by atoms with Gasteiger partial charge in [-0.1, -0.05) is 0 Å². The molecule has 0 spiro atoms. The molecule has 3 aliphatic rings. The van der Waals surface area contributed by atoms with Gasteiger partial charge < -0.3 is 18.9 Å². The van der Waals surface area contributed by atoms with E-state index in [-0.39, 0.29) is 16.7 Å². The fraction of sp³-hybridized carbons (Fsp3) is 0.519. The zero-order valence-electron chi connectivity index (χ0n) is 20.4. The van der Waals surface area contributed by atoms with Crippen LogP contribution in [0.25, 0.3) is 0 Å². The maximum Gasteiger partial charge on any atom is 0.166 e. The number of ether oxygens (including phenoxy) is 4. The maximum atomic E-state index is 6.34. The van der Waals surface area contributed by atoms with Gasteiger partial charge in [0, 0.05) is 35.1 Å². The normalized spacial score (nSPS) is 20.9. The van der Waals surface area contributed by atoms with E-state index in [0.29, 0.717) is 0 Å². The van der Waals surface area contributed by atoms with E-state index < -0.39 is 0 Å².